The maximum atomic E-state index is 13.0. The average Bonchev–Trinajstić information content (AvgIpc) is 2.81. The van der Waals surface area contributed by atoms with E-state index in [4.69, 9.17) is 4.74 Å². The van der Waals surface area contributed by atoms with Crippen LogP contribution in [-0.4, -0.2) is 38.1 Å². The van der Waals surface area contributed by atoms with Crippen molar-refractivity contribution in [2.75, 3.05) is 0 Å². The van der Waals surface area contributed by atoms with Gasteiger partial charge < -0.3 is 14.9 Å². The summed E-state index contributed by atoms with van der Waals surface area (Å²) in [7, 11) is 0. The number of aromatic amines is 1. The number of aromatic nitrogens is 2. The lowest BCUT2D eigenvalue weighted by Crippen LogP contribution is -2.38. The molecule has 1 aromatic carbocycles. The van der Waals surface area contributed by atoms with Gasteiger partial charge in [-0.05, 0) is 6.92 Å². The van der Waals surface area contributed by atoms with Crippen molar-refractivity contribution in [1.29, 1.82) is 0 Å². The zero-order chi connectivity index (χ0) is 17.0. The molecule has 0 unspecified atom stereocenters. The molecule has 0 spiro atoms. The predicted molar refractivity (Wildman–Crippen MR) is 79.3 cm³/mol. The molecular formula is C15H17FN2O5. The number of hydrogen-bond donors (Lipinski definition) is 3. The molecule has 2 heterocycles. The summed E-state index contributed by atoms with van der Waals surface area (Å²) in [5, 5.41) is 19.1. The fourth-order valence-electron chi connectivity index (χ4n) is 2.09. The van der Waals surface area contributed by atoms with Crippen LogP contribution in [0.25, 0.3) is 0 Å². The van der Waals surface area contributed by atoms with E-state index in [0.29, 0.717) is 10.8 Å². The number of nitrogens with zero attached hydrogens (tertiary/aromatic N) is 1. The quantitative estimate of drug-likeness (QED) is 0.685. The van der Waals surface area contributed by atoms with Crippen molar-refractivity contribution >= 4 is 0 Å². The molecule has 124 valence electrons. The SMILES string of the molecule is C[C@H]1O[C@@H](n2cc(F)c(=O)[nH]c2=O)[C@H](O)[C@@H]1O.c1ccccc1. The van der Waals surface area contributed by atoms with Gasteiger partial charge >= 0.3 is 5.69 Å². The van der Waals surface area contributed by atoms with Crippen molar-refractivity contribution < 1.29 is 19.3 Å². The van der Waals surface area contributed by atoms with Crippen LogP contribution >= 0.6 is 0 Å². The second-order valence-corrected chi connectivity index (χ2v) is 5.01. The number of H-pyrrole nitrogens is 1. The second-order valence-electron chi connectivity index (χ2n) is 5.01. The van der Waals surface area contributed by atoms with Gasteiger partial charge in [0.05, 0.1) is 12.3 Å². The Morgan fingerprint density at radius 2 is 1.61 bits per heavy atom. The highest BCUT2D eigenvalue weighted by atomic mass is 19.1. The fourth-order valence-corrected chi connectivity index (χ4v) is 2.09. The van der Waals surface area contributed by atoms with Gasteiger partial charge in [0.25, 0.3) is 5.56 Å². The van der Waals surface area contributed by atoms with Gasteiger partial charge in [0.1, 0.15) is 12.2 Å². The van der Waals surface area contributed by atoms with Crippen molar-refractivity contribution in [3.05, 3.63) is 69.3 Å². The monoisotopic (exact) mass is 324 g/mol. The minimum absolute atomic E-state index is 0.639. The van der Waals surface area contributed by atoms with Crippen LogP contribution in [0, 0.1) is 5.82 Å². The van der Waals surface area contributed by atoms with Crippen LogP contribution in [0.3, 0.4) is 0 Å². The third-order valence-corrected chi connectivity index (χ3v) is 3.34. The smallest absolute Gasteiger partial charge is 0.330 e. The summed E-state index contributed by atoms with van der Waals surface area (Å²) in [4.78, 5) is 24.0. The molecule has 7 nitrogen and oxygen atoms in total. The Kier molecular flexibility index (Phi) is 5.43. The molecule has 0 aliphatic carbocycles. The molecule has 1 aliphatic heterocycles. The third-order valence-electron chi connectivity index (χ3n) is 3.34. The van der Waals surface area contributed by atoms with Gasteiger partial charge in [-0.25, -0.2) is 4.79 Å². The molecule has 1 aliphatic rings. The number of aliphatic hydroxyl groups excluding tert-OH is 2. The van der Waals surface area contributed by atoms with E-state index < -0.39 is 41.6 Å². The maximum absolute atomic E-state index is 13.0. The van der Waals surface area contributed by atoms with E-state index in [1.165, 1.54) is 6.92 Å². The van der Waals surface area contributed by atoms with Gasteiger partial charge in [0.15, 0.2) is 6.23 Å². The van der Waals surface area contributed by atoms with E-state index >= 15 is 0 Å². The number of benzene rings is 1. The zero-order valence-electron chi connectivity index (χ0n) is 12.3. The Bertz CT molecular complexity index is 719. The lowest BCUT2D eigenvalue weighted by atomic mass is 10.1. The highest BCUT2D eigenvalue weighted by Gasteiger charge is 2.41. The van der Waals surface area contributed by atoms with E-state index in [2.05, 4.69) is 0 Å². The summed E-state index contributed by atoms with van der Waals surface area (Å²) >= 11 is 0. The van der Waals surface area contributed by atoms with Crippen LogP contribution < -0.4 is 11.2 Å². The van der Waals surface area contributed by atoms with Gasteiger partial charge in [-0.1, -0.05) is 36.4 Å². The van der Waals surface area contributed by atoms with Crippen LogP contribution in [0.15, 0.2) is 52.2 Å². The lowest BCUT2D eigenvalue weighted by Gasteiger charge is -2.16. The van der Waals surface area contributed by atoms with Gasteiger partial charge in [-0.2, -0.15) is 4.39 Å². The van der Waals surface area contributed by atoms with E-state index in [9.17, 15) is 24.2 Å². The van der Waals surface area contributed by atoms with E-state index in [0.717, 1.165) is 0 Å². The Morgan fingerprint density at radius 3 is 2.04 bits per heavy atom. The number of aliphatic hydroxyl groups is 2. The standard InChI is InChI=1S/C9H11FN2O5.C6H6/c1-3-5(13)6(14)8(17-3)12-2-4(10)7(15)11-9(12)16;1-2-4-6-5-3-1/h2-3,5-6,8,13-14H,1H3,(H,11,15,16);1-6H/t3-,5-,6-,8-;/m1./s1. The Hall–Kier alpha value is -2.29. The predicted octanol–water partition coefficient (Wildman–Crippen LogP) is 0.00140. The first-order chi connectivity index (χ1) is 10.9. The normalized spacial score (nSPS) is 26.4. The van der Waals surface area contributed by atoms with Crippen molar-refractivity contribution in [1.82, 2.24) is 9.55 Å². The fraction of sp³-hybridized carbons (Fsp3) is 0.333. The Morgan fingerprint density at radius 1 is 1.09 bits per heavy atom. The lowest BCUT2D eigenvalue weighted by molar-refractivity contribution is -0.0356. The number of nitrogens with one attached hydrogen (secondary N) is 1. The molecule has 1 saturated heterocycles. The third kappa shape index (κ3) is 3.92. The number of ether oxygens (including phenoxy) is 1. The van der Waals surface area contributed by atoms with Crippen molar-refractivity contribution in [2.24, 2.45) is 0 Å². The Labute approximate surface area is 130 Å². The second kappa shape index (κ2) is 7.32. The zero-order valence-corrected chi connectivity index (χ0v) is 12.3. The van der Waals surface area contributed by atoms with Crippen LogP contribution in [-0.2, 0) is 4.74 Å². The molecule has 8 heteroatoms. The van der Waals surface area contributed by atoms with E-state index in [-0.39, 0.29) is 0 Å². The Balaban J connectivity index is 0.000000268. The highest BCUT2D eigenvalue weighted by Crippen LogP contribution is 2.27. The van der Waals surface area contributed by atoms with Gasteiger partial charge in [-0.3, -0.25) is 14.3 Å². The molecule has 23 heavy (non-hydrogen) atoms. The molecule has 3 rings (SSSR count). The van der Waals surface area contributed by atoms with E-state index in [1.54, 1.807) is 4.98 Å². The summed E-state index contributed by atoms with van der Waals surface area (Å²) in [6, 6.07) is 12.0. The van der Waals surface area contributed by atoms with Crippen LogP contribution in [0.1, 0.15) is 13.2 Å². The molecule has 0 saturated carbocycles. The molecule has 1 aromatic heterocycles. The summed E-state index contributed by atoms with van der Waals surface area (Å²) < 4.78 is 18.9. The van der Waals surface area contributed by atoms with Crippen molar-refractivity contribution in [2.45, 2.75) is 31.5 Å². The minimum atomic E-state index is -1.37. The highest BCUT2D eigenvalue weighted by molar-refractivity contribution is 4.99. The molecule has 0 amide bonds. The molecule has 0 radical (unpaired) electrons. The molecule has 2 aromatic rings. The number of rotatable bonds is 1. The van der Waals surface area contributed by atoms with Gasteiger partial charge in [0.2, 0.25) is 5.82 Å². The molecule has 4 atom stereocenters. The van der Waals surface area contributed by atoms with Crippen molar-refractivity contribution in [3.8, 4) is 0 Å². The maximum Gasteiger partial charge on any atom is 0.330 e. The molecule has 1 fully saturated rings. The van der Waals surface area contributed by atoms with Crippen LogP contribution in [0.4, 0.5) is 4.39 Å². The molecule has 0 bridgehead atoms. The first kappa shape index (κ1) is 17.1. The van der Waals surface area contributed by atoms with Crippen LogP contribution in [0.5, 0.6) is 0 Å². The first-order valence-electron chi connectivity index (χ1n) is 6.94. The summed E-state index contributed by atoms with van der Waals surface area (Å²) in [6.07, 6.45) is -3.83. The average molecular weight is 324 g/mol. The van der Waals surface area contributed by atoms with Crippen LogP contribution in [0.2, 0.25) is 0 Å². The summed E-state index contributed by atoms with van der Waals surface area (Å²) in [5.41, 5.74) is -2.06. The number of halogens is 1. The van der Waals surface area contributed by atoms with Crippen molar-refractivity contribution in [3.63, 3.8) is 0 Å². The number of hydrogen-bond acceptors (Lipinski definition) is 5. The summed E-state index contributed by atoms with van der Waals surface area (Å²) in [6.45, 7) is 1.50. The van der Waals surface area contributed by atoms with E-state index in [1.807, 2.05) is 36.4 Å². The first-order valence-corrected chi connectivity index (χ1v) is 6.94. The summed E-state index contributed by atoms with van der Waals surface area (Å²) in [5.74, 6) is -1.17. The largest absolute Gasteiger partial charge is 0.388 e. The van der Waals surface area contributed by atoms with Gasteiger partial charge in [0, 0.05) is 0 Å². The molecule has 3 N–H and O–H groups in total. The molecular weight excluding hydrogens is 307 g/mol. The topological polar surface area (TPSA) is 105 Å². The minimum Gasteiger partial charge on any atom is -0.388 e. The van der Waals surface area contributed by atoms with Gasteiger partial charge in [-0.15, -0.1) is 0 Å².